The monoisotopic (exact) mass is 303 g/mol. The summed E-state index contributed by atoms with van der Waals surface area (Å²) in [6.45, 7) is 2.01. The number of rotatable bonds is 1. The first kappa shape index (κ1) is 13.2. The van der Waals surface area contributed by atoms with Crippen LogP contribution in [0.25, 0.3) is 22.3 Å². The Morgan fingerprint density at radius 1 is 1.05 bits per heavy atom. The van der Waals surface area contributed by atoms with E-state index in [1.807, 2.05) is 31.2 Å². The Labute approximate surface area is 126 Å². The van der Waals surface area contributed by atoms with E-state index in [0.717, 1.165) is 11.1 Å². The first-order valence-electron chi connectivity index (χ1n) is 6.04. The zero-order chi connectivity index (χ0) is 14.3. The predicted octanol–water partition coefficient (Wildman–Crippen LogP) is 4.49. The Bertz CT molecular complexity index is 816. The molecule has 0 radical (unpaired) electrons. The molecule has 2 aromatic carbocycles. The van der Waals surface area contributed by atoms with Crippen LogP contribution in [0, 0.1) is 6.92 Å². The van der Waals surface area contributed by atoms with Crippen LogP contribution in [0.15, 0.2) is 36.4 Å². The summed E-state index contributed by atoms with van der Waals surface area (Å²) in [6.07, 6.45) is 0. The van der Waals surface area contributed by atoms with Crippen LogP contribution in [0.4, 0.5) is 5.82 Å². The molecule has 0 atom stereocenters. The van der Waals surface area contributed by atoms with E-state index in [1.165, 1.54) is 0 Å². The maximum absolute atomic E-state index is 6.19. The summed E-state index contributed by atoms with van der Waals surface area (Å²) >= 11 is 12.2. The van der Waals surface area contributed by atoms with Crippen LogP contribution < -0.4 is 5.73 Å². The number of hydrogen-bond acceptors (Lipinski definition) is 3. The van der Waals surface area contributed by atoms with Gasteiger partial charge in [-0.25, -0.2) is 9.97 Å². The van der Waals surface area contributed by atoms with Crippen molar-refractivity contribution in [2.45, 2.75) is 6.92 Å². The third-order valence-electron chi connectivity index (χ3n) is 3.02. The lowest BCUT2D eigenvalue weighted by Gasteiger charge is -2.08. The number of benzene rings is 2. The van der Waals surface area contributed by atoms with Crippen LogP contribution in [-0.4, -0.2) is 9.97 Å². The molecule has 100 valence electrons. The minimum absolute atomic E-state index is 0.371. The third kappa shape index (κ3) is 2.30. The van der Waals surface area contributed by atoms with Gasteiger partial charge in [-0.05, 0) is 25.1 Å². The number of aryl methyl sites for hydroxylation is 1. The summed E-state index contributed by atoms with van der Waals surface area (Å²) in [4.78, 5) is 8.85. The molecule has 0 amide bonds. The Kier molecular flexibility index (Phi) is 3.24. The van der Waals surface area contributed by atoms with Gasteiger partial charge in [-0.2, -0.15) is 0 Å². The second kappa shape index (κ2) is 4.93. The number of nitrogens with zero attached hydrogens (tertiary/aromatic N) is 2. The highest BCUT2D eigenvalue weighted by atomic mass is 35.5. The van der Waals surface area contributed by atoms with Gasteiger partial charge in [0.2, 0.25) is 0 Å². The maximum Gasteiger partial charge on any atom is 0.162 e. The summed E-state index contributed by atoms with van der Waals surface area (Å²) in [5.41, 5.74) is 8.65. The normalized spacial score (nSPS) is 10.9. The Balaban J connectivity index is 2.29. The van der Waals surface area contributed by atoms with Gasteiger partial charge in [0.15, 0.2) is 5.82 Å². The molecule has 1 aromatic heterocycles. The van der Waals surface area contributed by atoms with E-state index in [4.69, 9.17) is 28.9 Å². The van der Waals surface area contributed by atoms with Crippen molar-refractivity contribution in [3.63, 3.8) is 0 Å². The van der Waals surface area contributed by atoms with Gasteiger partial charge in [0, 0.05) is 16.0 Å². The van der Waals surface area contributed by atoms with Gasteiger partial charge < -0.3 is 5.73 Å². The molecule has 0 bridgehead atoms. The zero-order valence-corrected chi connectivity index (χ0v) is 12.2. The maximum atomic E-state index is 6.19. The largest absolute Gasteiger partial charge is 0.383 e. The minimum atomic E-state index is 0.371. The van der Waals surface area contributed by atoms with E-state index < -0.39 is 0 Å². The number of fused-ring (bicyclic) bond motifs is 1. The van der Waals surface area contributed by atoms with Crippen molar-refractivity contribution in [3.05, 3.63) is 52.0 Å². The Morgan fingerprint density at radius 2 is 1.85 bits per heavy atom. The first-order valence-corrected chi connectivity index (χ1v) is 6.79. The highest BCUT2D eigenvalue weighted by molar-refractivity contribution is 6.38. The summed E-state index contributed by atoms with van der Waals surface area (Å²) in [7, 11) is 0. The molecule has 0 aliphatic heterocycles. The quantitative estimate of drug-likeness (QED) is 0.720. The van der Waals surface area contributed by atoms with Gasteiger partial charge in [-0.15, -0.1) is 0 Å². The molecule has 2 N–H and O–H groups in total. The van der Waals surface area contributed by atoms with E-state index in [9.17, 15) is 0 Å². The Hall–Kier alpha value is -1.84. The molecular formula is C15H11Cl2N3. The Morgan fingerprint density at radius 3 is 2.60 bits per heavy atom. The summed E-state index contributed by atoms with van der Waals surface area (Å²) < 4.78 is 0. The van der Waals surface area contributed by atoms with Crippen LogP contribution in [0.2, 0.25) is 10.0 Å². The number of nitrogen functional groups attached to an aromatic ring is 1. The molecular weight excluding hydrogens is 293 g/mol. The molecule has 0 aliphatic carbocycles. The first-order chi connectivity index (χ1) is 9.54. The van der Waals surface area contributed by atoms with Crippen LogP contribution in [0.5, 0.6) is 0 Å². The summed E-state index contributed by atoms with van der Waals surface area (Å²) in [5.74, 6) is 0.929. The lowest BCUT2D eigenvalue weighted by molar-refractivity contribution is 1.23. The van der Waals surface area contributed by atoms with Crippen molar-refractivity contribution in [1.82, 2.24) is 9.97 Å². The van der Waals surface area contributed by atoms with Gasteiger partial charge in [0.25, 0.3) is 0 Å². The predicted molar refractivity (Wildman–Crippen MR) is 84.1 cm³/mol. The van der Waals surface area contributed by atoms with Gasteiger partial charge in [0.05, 0.1) is 10.5 Å². The lowest BCUT2D eigenvalue weighted by atomic mass is 10.1. The molecule has 1 heterocycles. The lowest BCUT2D eigenvalue weighted by Crippen LogP contribution is -1.98. The van der Waals surface area contributed by atoms with Crippen molar-refractivity contribution in [1.29, 1.82) is 0 Å². The van der Waals surface area contributed by atoms with E-state index in [1.54, 1.807) is 12.1 Å². The average molecular weight is 304 g/mol. The molecule has 0 spiro atoms. The standard InChI is InChI=1S/C15H11Cl2N3/c1-8-3-2-4-9(5-8)15-19-13-11(14(18)20-15)6-10(16)7-12(13)17/h2-7H,1H3,(H2,18,19,20). The fourth-order valence-corrected chi connectivity index (χ4v) is 2.63. The molecule has 5 heteroatoms. The average Bonchev–Trinajstić information content (AvgIpc) is 2.39. The van der Waals surface area contributed by atoms with Crippen molar-refractivity contribution < 1.29 is 0 Å². The van der Waals surface area contributed by atoms with Crippen LogP contribution in [0.3, 0.4) is 0 Å². The van der Waals surface area contributed by atoms with Crippen LogP contribution >= 0.6 is 23.2 Å². The van der Waals surface area contributed by atoms with Crippen molar-refractivity contribution in [3.8, 4) is 11.4 Å². The molecule has 0 fully saturated rings. The number of aromatic nitrogens is 2. The van der Waals surface area contributed by atoms with Crippen LogP contribution in [-0.2, 0) is 0 Å². The van der Waals surface area contributed by atoms with E-state index >= 15 is 0 Å². The molecule has 0 aliphatic rings. The van der Waals surface area contributed by atoms with Crippen molar-refractivity contribution in [2.75, 3.05) is 5.73 Å². The molecule has 20 heavy (non-hydrogen) atoms. The number of nitrogens with two attached hydrogens (primary N) is 1. The highest BCUT2D eigenvalue weighted by Crippen LogP contribution is 2.31. The molecule has 0 saturated carbocycles. The van der Waals surface area contributed by atoms with Gasteiger partial charge in [-0.3, -0.25) is 0 Å². The SMILES string of the molecule is Cc1cccc(-c2nc(N)c3cc(Cl)cc(Cl)c3n2)c1. The second-order valence-electron chi connectivity index (χ2n) is 4.59. The third-order valence-corrected chi connectivity index (χ3v) is 3.53. The topological polar surface area (TPSA) is 51.8 Å². The molecule has 3 nitrogen and oxygen atoms in total. The number of halogens is 2. The minimum Gasteiger partial charge on any atom is -0.383 e. The fourth-order valence-electron chi connectivity index (χ4n) is 2.09. The van der Waals surface area contributed by atoms with E-state index in [0.29, 0.717) is 32.6 Å². The molecule has 0 unspecified atom stereocenters. The van der Waals surface area contributed by atoms with Gasteiger partial charge in [0.1, 0.15) is 5.82 Å². The molecule has 0 saturated heterocycles. The fraction of sp³-hybridized carbons (Fsp3) is 0.0667. The molecule has 3 aromatic rings. The zero-order valence-electron chi connectivity index (χ0n) is 10.7. The van der Waals surface area contributed by atoms with Gasteiger partial charge in [-0.1, -0.05) is 47.0 Å². The summed E-state index contributed by atoms with van der Waals surface area (Å²) in [5, 5.41) is 1.65. The van der Waals surface area contributed by atoms with Gasteiger partial charge >= 0.3 is 0 Å². The van der Waals surface area contributed by atoms with Crippen LogP contribution in [0.1, 0.15) is 5.56 Å². The summed E-state index contributed by atoms with van der Waals surface area (Å²) in [6, 6.07) is 11.3. The van der Waals surface area contributed by atoms with Crippen molar-refractivity contribution >= 4 is 39.9 Å². The number of anilines is 1. The highest BCUT2D eigenvalue weighted by Gasteiger charge is 2.11. The van der Waals surface area contributed by atoms with Crippen molar-refractivity contribution in [2.24, 2.45) is 0 Å². The smallest absolute Gasteiger partial charge is 0.162 e. The van der Waals surface area contributed by atoms with E-state index in [-0.39, 0.29) is 0 Å². The second-order valence-corrected chi connectivity index (χ2v) is 5.43. The van der Waals surface area contributed by atoms with E-state index in [2.05, 4.69) is 9.97 Å². The molecule has 3 rings (SSSR count). The number of hydrogen-bond donors (Lipinski definition) is 1.